The van der Waals surface area contributed by atoms with Crippen LogP contribution in [0.3, 0.4) is 0 Å². The van der Waals surface area contributed by atoms with Crippen LogP contribution < -0.4 is 11.0 Å². The van der Waals surface area contributed by atoms with E-state index in [1.165, 1.54) is 21.3 Å². The SMILES string of the molecule is Cn1c(=O)n(-c2ccc(C[C@H](NC(=O)c3c(F)cccc3Cl)C(=O)O)cc2)c2c(Cl)cccc21. The Labute approximate surface area is 203 Å². The monoisotopic (exact) mass is 501 g/mol. The maximum Gasteiger partial charge on any atom is 0.333 e. The number of fused-ring (bicyclic) bond motifs is 1. The molecule has 0 unspecified atom stereocenters. The number of hydrogen-bond donors (Lipinski definition) is 2. The third kappa shape index (κ3) is 4.30. The average Bonchev–Trinajstić information content (AvgIpc) is 3.05. The first-order chi connectivity index (χ1) is 16.2. The van der Waals surface area contributed by atoms with Gasteiger partial charge in [0.15, 0.2) is 0 Å². The number of carbonyl (C=O) groups excluding carboxylic acids is 1. The second-order valence-electron chi connectivity index (χ2n) is 7.62. The molecule has 1 atom stereocenters. The predicted molar refractivity (Wildman–Crippen MR) is 128 cm³/mol. The van der Waals surface area contributed by atoms with Gasteiger partial charge in [-0.25, -0.2) is 14.0 Å². The van der Waals surface area contributed by atoms with Crippen LogP contribution in [0.25, 0.3) is 16.7 Å². The van der Waals surface area contributed by atoms with Gasteiger partial charge in [0.05, 0.1) is 32.3 Å². The minimum atomic E-state index is -1.33. The van der Waals surface area contributed by atoms with Crippen molar-refractivity contribution < 1.29 is 19.1 Å². The molecule has 0 aliphatic rings. The number of para-hydroxylation sites is 1. The fourth-order valence-corrected chi connectivity index (χ4v) is 4.25. The van der Waals surface area contributed by atoms with Crippen molar-refractivity contribution in [3.05, 3.63) is 98.1 Å². The molecule has 34 heavy (non-hydrogen) atoms. The molecule has 0 spiro atoms. The molecule has 2 N–H and O–H groups in total. The summed E-state index contributed by atoms with van der Waals surface area (Å²) < 4.78 is 17.0. The quantitative estimate of drug-likeness (QED) is 0.414. The maximum absolute atomic E-state index is 14.0. The zero-order valence-corrected chi connectivity index (χ0v) is 19.3. The van der Waals surface area contributed by atoms with Crippen LogP contribution in [0.2, 0.25) is 10.0 Å². The van der Waals surface area contributed by atoms with Crippen LogP contribution in [-0.2, 0) is 18.3 Å². The summed E-state index contributed by atoms with van der Waals surface area (Å²) in [6.45, 7) is 0. The van der Waals surface area contributed by atoms with Crippen molar-refractivity contribution in [3.63, 3.8) is 0 Å². The van der Waals surface area contributed by atoms with Crippen LogP contribution in [0, 0.1) is 5.82 Å². The third-order valence-corrected chi connectivity index (χ3v) is 6.08. The molecule has 174 valence electrons. The summed E-state index contributed by atoms with van der Waals surface area (Å²) in [5.41, 5.74) is 1.65. The van der Waals surface area contributed by atoms with Crippen LogP contribution in [0.1, 0.15) is 15.9 Å². The van der Waals surface area contributed by atoms with Gasteiger partial charge >= 0.3 is 11.7 Å². The average molecular weight is 502 g/mol. The van der Waals surface area contributed by atoms with Gasteiger partial charge in [-0.15, -0.1) is 0 Å². The van der Waals surface area contributed by atoms with E-state index in [0.717, 1.165) is 6.07 Å². The number of imidazole rings is 1. The zero-order valence-electron chi connectivity index (χ0n) is 17.8. The number of benzene rings is 3. The topological polar surface area (TPSA) is 93.3 Å². The molecular weight excluding hydrogens is 484 g/mol. The Balaban J connectivity index is 1.60. The highest BCUT2D eigenvalue weighted by molar-refractivity contribution is 6.35. The van der Waals surface area contributed by atoms with Gasteiger partial charge in [0.25, 0.3) is 5.91 Å². The fourth-order valence-electron chi connectivity index (χ4n) is 3.75. The summed E-state index contributed by atoms with van der Waals surface area (Å²) in [6.07, 6.45) is -0.0708. The molecular formula is C24H18Cl2FN3O4. The van der Waals surface area contributed by atoms with E-state index in [-0.39, 0.29) is 17.1 Å². The number of nitrogens with zero attached hydrogens (tertiary/aromatic N) is 2. The number of aryl methyl sites for hydroxylation is 1. The standard InChI is InChI=1S/C24H18Cl2FN3O4/c1-29-19-7-3-5-16(26)21(19)30(24(29)34)14-10-8-13(9-11-14)12-18(23(32)33)28-22(31)20-15(25)4-2-6-17(20)27/h2-11,18H,12H2,1H3,(H,28,31)(H,32,33)/t18-/m0/s1. The number of hydrogen-bond acceptors (Lipinski definition) is 3. The van der Waals surface area contributed by atoms with E-state index in [2.05, 4.69) is 5.32 Å². The van der Waals surface area contributed by atoms with Crippen LogP contribution in [0.5, 0.6) is 0 Å². The van der Waals surface area contributed by atoms with Gasteiger partial charge in [0.1, 0.15) is 11.9 Å². The fraction of sp³-hybridized carbons (Fsp3) is 0.125. The highest BCUT2D eigenvalue weighted by Crippen LogP contribution is 2.25. The molecule has 0 saturated carbocycles. The Hall–Kier alpha value is -3.62. The van der Waals surface area contributed by atoms with Crippen molar-refractivity contribution in [1.29, 1.82) is 0 Å². The Morgan fingerprint density at radius 3 is 2.32 bits per heavy atom. The van der Waals surface area contributed by atoms with Gasteiger partial charge < -0.3 is 10.4 Å². The minimum absolute atomic E-state index is 0.0708. The number of carbonyl (C=O) groups is 2. The first kappa shape index (κ1) is 23.5. The lowest BCUT2D eigenvalue weighted by molar-refractivity contribution is -0.139. The summed E-state index contributed by atoms with van der Waals surface area (Å²) in [5, 5.41) is 12.2. The first-order valence-electron chi connectivity index (χ1n) is 10.1. The highest BCUT2D eigenvalue weighted by Gasteiger charge is 2.24. The second-order valence-corrected chi connectivity index (χ2v) is 8.43. The molecule has 0 radical (unpaired) electrons. The smallest absolute Gasteiger partial charge is 0.333 e. The molecule has 0 aliphatic carbocycles. The number of carboxylic acids is 1. The number of nitrogens with one attached hydrogen (secondary N) is 1. The van der Waals surface area contributed by atoms with Crippen LogP contribution >= 0.6 is 23.2 Å². The summed E-state index contributed by atoms with van der Waals surface area (Å²) in [6, 6.07) is 14.3. The Morgan fingerprint density at radius 2 is 1.68 bits per heavy atom. The van der Waals surface area contributed by atoms with Crippen molar-refractivity contribution in [2.45, 2.75) is 12.5 Å². The lowest BCUT2D eigenvalue weighted by Crippen LogP contribution is -2.42. The van der Waals surface area contributed by atoms with Crippen molar-refractivity contribution in [2.75, 3.05) is 0 Å². The molecule has 0 saturated heterocycles. The maximum atomic E-state index is 14.0. The molecule has 1 aromatic heterocycles. The number of halogens is 3. The van der Waals surface area contributed by atoms with E-state index in [0.29, 0.717) is 27.3 Å². The molecule has 3 aromatic carbocycles. The first-order valence-corrected chi connectivity index (χ1v) is 10.9. The third-order valence-electron chi connectivity index (χ3n) is 5.46. The van der Waals surface area contributed by atoms with E-state index in [4.69, 9.17) is 23.2 Å². The number of carboxylic acid groups (broad SMARTS) is 1. The molecule has 0 bridgehead atoms. The largest absolute Gasteiger partial charge is 0.480 e. The van der Waals surface area contributed by atoms with E-state index < -0.39 is 29.3 Å². The van der Waals surface area contributed by atoms with E-state index in [1.54, 1.807) is 49.5 Å². The number of aliphatic carboxylic acids is 1. The van der Waals surface area contributed by atoms with E-state index in [1.807, 2.05) is 0 Å². The zero-order chi connectivity index (χ0) is 24.6. The summed E-state index contributed by atoms with van der Waals surface area (Å²) >= 11 is 12.2. The van der Waals surface area contributed by atoms with Gasteiger partial charge in [-0.2, -0.15) is 0 Å². The van der Waals surface area contributed by atoms with Gasteiger partial charge in [-0.3, -0.25) is 13.9 Å². The van der Waals surface area contributed by atoms with Crippen molar-refractivity contribution in [1.82, 2.24) is 14.5 Å². The second kappa shape index (κ2) is 9.32. The molecule has 7 nitrogen and oxygen atoms in total. The summed E-state index contributed by atoms with van der Waals surface area (Å²) in [4.78, 5) is 37.0. The molecule has 4 aromatic rings. The summed E-state index contributed by atoms with van der Waals surface area (Å²) in [5.74, 6) is -3.07. The van der Waals surface area contributed by atoms with Crippen molar-refractivity contribution in [2.24, 2.45) is 7.05 Å². The number of aromatic nitrogens is 2. The van der Waals surface area contributed by atoms with E-state index >= 15 is 0 Å². The van der Waals surface area contributed by atoms with Crippen LogP contribution in [0.4, 0.5) is 4.39 Å². The molecule has 1 heterocycles. The Kier molecular flexibility index (Phi) is 6.45. The predicted octanol–water partition coefficient (Wildman–Crippen LogP) is 4.20. The molecule has 4 rings (SSSR count). The molecule has 10 heteroatoms. The van der Waals surface area contributed by atoms with Gasteiger partial charge in [-0.1, -0.05) is 47.5 Å². The Morgan fingerprint density at radius 1 is 1.03 bits per heavy atom. The minimum Gasteiger partial charge on any atom is -0.480 e. The van der Waals surface area contributed by atoms with Crippen molar-refractivity contribution in [3.8, 4) is 5.69 Å². The molecule has 0 fully saturated rings. The lowest BCUT2D eigenvalue weighted by atomic mass is 10.0. The Bertz CT molecular complexity index is 1460. The van der Waals surface area contributed by atoms with E-state index in [9.17, 15) is 23.9 Å². The molecule has 0 aliphatic heterocycles. The van der Waals surface area contributed by atoms with Crippen LogP contribution in [-0.4, -0.2) is 32.2 Å². The lowest BCUT2D eigenvalue weighted by Gasteiger charge is -2.16. The van der Waals surface area contributed by atoms with Gasteiger partial charge in [0.2, 0.25) is 0 Å². The molecule has 1 amide bonds. The number of amides is 1. The summed E-state index contributed by atoms with van der Waals surface area (Å²) in [7, 11) is 1.65. The number of rotatable bonds is 6. The normalized spacial score (nSPS) is 12.0. The van der Waals surface area contributed by atoms with Gasteiger partial charge in [0, 0.05) is 13.5 Å². The van der Waals surface area contributed by atoms with Gasteiger partial charge in [-0.05, 0) is 42.0 Å². The van der Waals surface area contributed by atoms with Crippen molar-refractivity contribution >= 4 is 46.1 Å². The van der Waals surface area contributed by atoms with Crippen LogP contribution in [0.15, 0.2) is 65.5 Å². The highest BCUT2D eigenvalue weighted by atomic mass is 35.5.